The Morgan fingerprint density at radius 1 is 1.23 bits per heavy atom. The maximum Gasteiger partial charge on any atom is 0.0758 e. The van der Waals surface area contributed by atoms with Crippen LogP contribution in [0.5, 0.6) is 0 Å². The van der Waals surface area contributed by atoms with Crippen LogP contribution < -0.4 is 16.6 Å². The molecule has 0 atom stereocenters. The van der Waals surface area contributed by atoms with E-state index in [-0.39, 0.29) is 5.41 Å². The minimum absolute atomic E-state index is 0.0918. The molecule has 0 aliphatic carbocycles. The molecule has 0 aliphatic rings. The molecule has 118 valence electrons. The first-order valence-electron chi connectivity index (χ1n) is 7.22. The van der Waals surface area contributed by atoms with E-state index in [1.165, 1.54) is 0 Å². The van der Waals surface area contributed by atoms with Crippen molar-refractivity contribution in [1.29, 1.82) is 0 Å². The molecule has 4 nitrogen and oxygen atoms in total. The number of pyridine rings is 1. The summed E-state index contributed by atoms with van der Waals surface area (Å²) >= 11 is 3.61. The first-order chi connectivity index (χ1) is 10.2. The number of aryl methyl sites for hydroxylation is 1. The number of anilines is 2. The van der Waals surface area contributed by atoms with E-state index in [1.807, 2.05) is 31.2 Å². The van der Waals surface area contributed by atoms with Gasteiger partial charge in [0.2, 0.25) is 0 Å². The van der Waals surface area contributed by atoms with Crippen LogP contribution in [-0.4, -0.2) is 11.5 Å². The largest absolute Gasteiger partial charge is 0.396 e. The number of nitrogens with zero attached hydrogens (tertiary/aromatic N) is 2. The Hall–Kier alpha value is -1.59. The van der Waals surface area contributed by atoms with Crippen LogP contribution in [0.25, 0.3) is 11.1 Å². The van der Waals surface area contributed by atoms with Crippen molar-refractivity contribution in [3.63, 3.8) is 0 Å². The van der Waals surface area contributed by atoms with E-state index in [0.29, 0.717) is 5.69 Å². The third kappa shape index (κ3) is 3.78. The van der Waals surface area contributed by atoms with Crippen molar-refractivity contribution in [2.75, 3.05) is 17.3 Å². The number of hydrogen-bond acceptors (Lipinski definition) is 4. The Bertz CT molecular complexity index is 677. The fourth-order valence-electron chi connectivity index (χ4n) is 2.37. The Kier molecular flexibility index (Phi) is 4.78. The second-order valence-corrected chi connectivity index (χ2v) is 7.53. The van der Waals surface area contributed by atoms with E-state index < -0.39 is 0 Å². The van der Waals surface area contributed by atoms with Crippen LogP contribution in [0.4, 0.5) is 11.4 Å². The highest BCUT2D eigenvalue weighted by molar-refractivity contribution is 9.10. The maximum atomic E-state index is 6.29. The van der Waals surface area contributed by atoms with E-state index in [9.17, 15) is 0 Å². The molecule has 4 N–H and O–H groups in total. The van der Waals surface area contributed by atoms with E-state index in [2.05, 4.69) is 41.7 Å². The fraction of sp³-hybridized carbons (Fsp3) is 0.353. The summed E-state index contributed by atoms with van der Waals surface area (Å²) in [5.74, 6) is 6.19. The van der Waals surface area contributed by atoms with Gasteiger partial charge in [-0.1, -0.05) is 26.8 Å². The maximum absolute atomic E-state index is 6.29. The average molecular weight is 363 g/mol. The number of hydrogen-bond donors (Lipinski definition) is 2. The van der Waals surface area contributed by atoms with Gasteiger partial charge in [0.05, 0.1) is 15.8 Å². The number of nitrogens with two attached hydrogens (primary N) is 2. The second kappa shape index (κ2) is 6.26. The number of aromatic nitrogens is 1. The predicted octanol–water partition coefficient (Wildman–Crippen LogP) is 4.13. The van der Waals surface area contributed by atoms with Crippen LogP contribution in [0.1, 0.15) is 26.5 Å². The molecule has 0 fully saturated rings. The van der Waals surface area contributed by atoms with Crippen molar-refractivity contribution >= 4 is 27.3 Å². The van der Waals surface area contributed by atoms with Crippen LogP contribution in [0.15, 0.2) is 34.9 Å². The minimum atomic E-state index is 0.0918. The van der Waals surface area contributed by atoms with Gasteiger partial charge < -0.3 is 10.7 Å². The third-order valence-electron chi connectivity index (χ3n) is 3.32. The average Bonchev–Trinajstić information content (AvgIpc) is 2.39. The lowest BCUT2D eigenvalue weighted by atomic mass is 9.96. The molecule has 22 heavy (non-hydrogen) atoms. The molecule has 0 unspecified atom stereocenters. The van der Waals surface area contributed by atoms with Gasteiger partial charge in [0, 0.05) is 18.4 Å². The van der Waals surface area contributed by atoms with Gasteiger partial charge in [-0.05, 0) is 57.6 Å². The second-order valence-electron chi connectivity index (χ2n) is 6.73. The molecule has 0 bridgehead atoms. The van der Waals surface area contributed by atoms with Crippen molar-refractivity contribution < 1.29 is 0 Å². The first-order valence-corrected chi connectivity index (χ1v) is 8.01. The highest BCUT2D eigenvalue weighted by atomic mass is 79.9. The standard InChI is InChI=1S/C17H23BrN4/c1-11-9-12(7-8-21-11)13-5-6-14(16(19)15(13)18)22(20)10-17(2,3)4/h5-9H,10,19-20H2,1-4H3. The minimum Gasteiger partial charge on any atom is -0.396 e. The van der Waals surface area contributed by atoms with E-state index in [1.54, 1.807) is 11.2 Å². The quantitative estimate of drug-likeness (QED) is 0.489. The summed E-state index contributed by atoms with van der Waals surface area (Å²) in [7, 11) is 0. The Morgan fingerprint density at radius 2 is 1.91 bits per heavy atom. The zero-order valence-electron chi connectivity index (χ0n) is 13.5. The summed E-state index contributed by atoms with van der Waals surface area (Å²) in [6, 6.07) is 8.01. The smallest absolute Gasteiger partial charge is 0.0758 e. The predicted molar refractivity (Wildman–Crippen MR) is 97.5 cm³/mol. The van der Waals surface area contributed by atoms with Crippen molar-refractivity contribution in [2.45, 2.75) is 27.7 Å². The number of benzene rings is 1. The fourth-order valence-corrected chi connectivity index (χ4v) is 2.93. The third-order valence-corrected chi connectivity index (χ3v) is 4.17. The number of rotatable bonds is 3. The highest BCUT2D eigenvalue weighted by Gasteiger charge is 2.18. The van der Waals surface area contributed by atoms with Crippen LogP contribution in [0.2, 0.25) is 0 Å². The van der Waals surface area contributed by atoms with Gasteiger partial charge in [0.25, 0.3) is 0 Å². The zero-order valence-corrected chi connectivity index (χ0v) is 15.1. The van der Waals surface area contributed by atoms with Gasteiger partial charge in [0.1, 0.15) is 0 Å². The molecular weight excluding hydrogens is 340 g/mol. The van der Waals surface area contributed by atoms with Crippen molar-refractivity contribution in [3.05, 3.63) is 40.6 Å². The van der Waals surface area contributed by atoms with Gasteiger partial charge in [-0.25, -0.2) is 5.84 Å². The van der Waals surface area contributed by atoms with Gasteiger partial charge in [-0.2, -0.15) is 0 Å². The molecule has 0 radical (unpaired) electrons. The van der Waals surface area contributed by atoms with E-state index in [0.717, 1.165) is 33.5 Å². The molecule has 0 amide bonds. The Morgan fingerprint density at radius 3 is 2.50 bits per heavy atom. The Labute approximate surface area is 140 Å². The molecule has 0 saturated heterocycles. The van der Waals surface area contributed by atoms with Crippen LogP contribution in [0, 0.1) is 12.3 Å². The number of hydrazine groups is 1. The molecule has 2 rings (SSSR count). The summed E-state index contributed by atoms with van der Waals surface area (Å²) in [5, 5.41) is 1.71. The molecule has 1 aromatic carbocycles. The molecule has 0 spiro atoms. The van der Waals surface area contributed by atoms with E-state index in [4.69, 9.17) is 11.6 Å². The first kappa shape index (κ1) is 16.8. The lowest BCUT2D eigenvalue weighted by molar-refractivity contribution is 0.412. The van der Waals surface area contributed by atoms with Crippen molar-refractivity contribution in [2.24, 2.45) is 11.3 Å². The molecule has 1 heterocycles. The van der Waals surface area contributed by atoms with E-state index >= 15 is 0 Å². The van der Waals surface area contributed by atoms with Gasteiger partial charge in [-0.3, -0.25) is 4.98 Å². The lowest BCUT2D eigenvalue weighted by Crippen LogP contribution is -2.38. The van der Waals surface area contributed by atoms with Crippen molar-refractivity contribution in [1.82, 2.24) is 4.98 Å². The SMILES string of the molecule is Cc1cc(-c2ccc(N(N)CC(C)(C)C)c(N)c2Br)ccn1. The topological polar surface area (TPSA) is 68.2 Å². The normalized spacial score (nSPS) is 11.5. The molecule has 0 aliphatic heterocycles. The van der Waals surface area contributed by atoms with Crippen LogP contribution >= 0.6 is 15.9 Å². The molecule has 5 heteroatoms. The zero-order chi connectivity index (χ0) is 16.5. The van der Waals surface area contributed by atoms with Crippen LogP contribution in [-0.2, 0) is 0 Å². The Balaban J connectivity index is 2.41. The summed E-state index contributed by atoms with van der Waals surface area (Å²) < 4.78 is 0.861. The summed E-state index contributed by atoms with van der Waals surface area (Å²) in [4.78, 5) is 4.23. The summed E-state index contributed by atoms with van der Waals surface area (Å²) in [6.07, 6.45) is 1.80. The summed E-state index contributed by atoms with van der Waals surface area (Å²) in [5.41, 5.74) is 11.0. The highest BCUT2D eigenvalue weighted by Crippen LogP contribution is 2.38. The number of halogens is 1. The molecule has 0 saturated carbocycles. The molecular formula is C17H23BrN4. The molecule has 1 aromatic heterocycles. The molecule has 2 aromatic rings. The van der Waals surface area contributed by atoms with Gasteiger partial charge in [-0.15, -0.1) is 0 Å². The summed E-state index contributed by atoms with van der Waals surface area (Å²) in [6.45, 7) is 9.13. The monoisotopic (exact) mass is 362 g/mol. The van der Waals surface area contributed by atoms with Crippen molar-refractivity contribution in [3.8, 4) is 11.1 Å². The number of nitrogen functional groups attached to an aromatic ring is 1. The van der Waals surface area contributed by atoms with Crippen LogP contribution in [0.3, 0.4) is 0 Å². The van der Waals surface area contributed by atoms with Gasteiger partial charge in [0.15, 0.2) is 0 Å². The lowest BCUT2D eigenvalue weighted by Gasteiger charge is -2.29. The van der Waals surface area contributed by atoms with Gasteiger partial charge >= 0.3 is 0 Å².